The quantitative estimate of drug-likeness (QED) is 0.228. The number of carbonyl (C=O) groups excluding carboxylic acids is 2. The van der Waals surface area contributed by atoms with Crippen molar-refractivity contribution in [3.63, 3.8) is 0 Å². The van der Waals surface area contributed by atoms with Gasteiger partial charge in [-0.25, -0.2) is 20.4 Å². The van der Waals surface area contributed by atoms with Gasteiger partial charge in [-0.1, -0.05) is 25.0 Å². The first-order chi connectivity index (χ1) is 6.72. The zero-order valence-corrected chi connectivity index (χ0v) is 8.05. The molecule has 0 aliphatic carbocycles. The summed E-state index contributed by atoms with van der Waals surface area (Å²) in [6.45, 7) is 4.65. The molecule has 0 saturated carbocycles. The zero-order valence-electron chi connectivity index (χ0n) is 8.05. The van der Waals surface area contributed by atoms with Gasteiger partial charge in [-0.05, 0) is 0 Å². The molecule has 0 heterocycles. The van der Waals surface area contributed by atoms with Gasteiger partial charge in [0.05, 0.1) is 0 Å². The summed E-state index contributed by atoms with van der Waals surface area (Å²) in [6, 6.07) is 0. The first-order valence-electron chi connectivity index (χ1n) is 4.10. The number of hydrogen-bond donors (Lipinski definition) is 4. The summed E-state index contributed by atoms with van der Waals surface area (Å²) in [5, 5.41) is 0. The molecule has 0 spiro atoms. The first kappa shape index (κ1) is 12.8. The Balaban J connectivity index is 3.50. The third-order valence-corrected chi connectivity index (χ3v) is 0.952. The molecule has 0 atom stereocenters. The Hall–Kier alpha value is -1.22. The van der Waals surface area contributed by atoms with E-state index < -0.39 is 11.9 Å². The van der Waals surface area contributed by atoms with E-state index in [2.05, 4.69) is 31.7 Å². The minimum atomic E-state index is -1.16. The van der Waals surface area contributed by atoms with Crippen LogP contribution in [0.1, 0.15) is 13.8 Å². The van der Waals surface area contributed by atoms with E-state index in [1.165, 1.54) is 0 Å². The van der Waals surface area contributed by atoms with Gasteiger partial charge in [-0.15, -0.1) is 0 Å². The molecule has 8 heteroatoms. The van der Waals surface area contributed by atoms with E-state index in [1.807, 2.05) is 0 Å². The fourth-order valence-electron chi connectivity index (χ4n) is 0.393. The molecule has 0 aliphatic heterocycles. The topological polar surface area (TPSA) is 101 Å². The number of carbonyl (C=O) groups is 2. The van der Waals surface area contributed by atoms with Crippen molar-refractivity contribution >= 4 is 11.9 Å². The van der Waals surface area contributed by atoms with E-state index in [9.17, 15) is 9.59 Å². The van der Waals surface area contributed by atoms with Crippen molar-refractivity contribution in [3.8, 4) is 0 Å². The van der Waals surface area contributed by atoms with Crippen molar-refractivity contribution in [3.05, 3.63) is 0 Å². The van der Waals surface area contributed by atoms with Crippen LogP contribution in [0.3, 0.4) is 0 Å². The van der Waals surface area contributed by atoms with Crippen LogP contribution in [0.4, 0.5) is 0 Å². The summed E-state index contributed by atoms with van der Waals surface area (Å²) >= 11 is 0. The molecule has 0 bridgehead atoms. The predicted molar refractivity (Wildman–Crippen MR) is 45.8 cm³/mol. The monoisotopic (exact) mass is 206 g/mol. The maximum atomic E-state index is 10.7. The van der Waals surface area contributed by atoms with Gasteiger partial charge < -0.3 is 9.68 Å². The lowest BCUT2D eigenvalue weighted by Crippen LogP contribution is -2.40. The molecule has 0 amide bonds. The smallest absolute Gasteiger partial charge is 0.346 e. The molecule has 0 aromatic carbocycles. The standard InChI is InChI=1S/C6H14N4O4/c1-3-7-9-13-5(11)6(12)14-10-8-4-2/h7-10H,3-4H2,1-2H3. The summed E-state index contributed by atoms with van der Waals surface area (Å²) < 4.78 is 0. The Morgan fingerprint density at radius 1 is 0.929 bits per heavy atom. The number of rotatable bonds is 6. The number of hydrazine groups is 2. The lowest BCUT2D eigenvalue weighted by molar-refractivity contribution is -0.179. The Morgan fingerprint density at radius 3 is 1.57 bits per heavy atom. The summed E-state index contributed by atoms with van der Waals surface area (Å²) in [7, 11) is 0. The van der Waals surface area contributed by atoms with Gasteiger partial charge in [0.15, 0.2) is 0 Å². The Labute approximate surface area is 81.2 Å². The highest BCUT2D eigenvalue weighted by atomic mass is 16.8. The van der Waals surface area contributed by atoms with Crippen LogP contribution in [0.5, 0.6) is 0 Å². The van der Waals surface area contributed by atoms with Gasteiger partial charge in [0.25, 0.3) is 0 Å². The molecule has 0 radical (unpaired) electrons. The molecule has 0 saturated heterocycles. The minimum Gasteiger partial charge on any atom is -0.346 e. The van der Waals surface area contributed by atoms with Crippen molar-refractivity contribution < 1.29 is 19.3 Å². The highest BCUT2D eigenvalue weighted by molar-refractivity contribution is 6.29. The molecule has 4 N–H and O–H groups in total. The first-order valence-corrected chi connectivity index (χ1v) is 4.10. The average molecular weight is 206 g/mol. The Kier molecular flexibility index (Phi) is 7.65. The second-order valence-corrected chi connectivity index (χ2v) is 2.04. The van der Waals surface area contributed by atoms with Crippen molar-refractivity contribution in [2.45, 2.75) is 13.8 Å². The molecule has 0 unspecified atom stereocenters. The predicted octanol–water partition coefficient (Wildman–Crippen LogP) is -1.87. The summed E-state index contributed by atoms with van der Waals surface area (Å²) in [5.74, 6) is -2.31. The lowest BCUT2D eigenvalue weighted by Gasteiger charge is -2.05. The van der Waals surface area contributed by atoms with Crippen LogP contribution in [-0.2, 0) is 19.3 Å². The van der Waals surface area contributed by atoms with Gasteiger partial charge in [0, 0.05) is 13.1 Å². The molecule has 0 fully saturated rings. The lowest BCUT2D eigenvalue weighted by atomic mass is 10.7. The van der Waals surface area contributed by atoms with E-state index in [1.54, 1.807) is 13.8 Å². The molecule has 8 nitrogen and oxygen atoms in total. The van der Waals surface area contributed by atoms with Gasteiger partial charge >= 0.3 is 11.9 Å². The highest BCUT2D eigenvalue weighted by Crippen LogP contribution is 1.76. The molecule has 0 aromatic rings. The third-order valence-electron chi connectivity index (χ3n) is 0.952. The van der Waals surface area contributed by atoms with E-state index in [0.717, 1.165) is 0 Å². The molecule has 0 aromatic heterocycles. The van der Waals surface area contributed by atoms with Crippen LogP contribution in [0.15, 0.2) is 0 Å². The van der Waals surface area contributed by atoms with Gasteiger partial charge in [0.1, 0.15) is 0 Å². The second-order valence-electron chi connectivity index (χ2n) is 2.04. The normalized spacial score (nSPS) is 9.57. The van der Waals surface area contributed by atoms with E-state index in [4.69, 9.17) is 0 Å². The van der Waals surface area contributed by atoms with Crippen molar-refractivity contribution in [1.29, 1.82) is 0 Å². The highest BCUT2D eigenvalue weighted by Gasteiger charge is 2.17. The van der Waals surface area contributed by atoms with E-state index >= 15 is 0 Å². The molecule has 0 rings (SSSR count). The number of nitrogens with one attached hydrogen (secondary N) is 4. The van der Waals surface area contributed by atoms with Crippen LogP contribution in [-0.4, -0.2) is 25.0 Å². The van der Waals surface area contributed by atoms with Crippen LogP contribution < -0.4 is 22.0 Å². The summed E-state index contributed by atoms with van der Waals surface area (Å²) in [4.78, 5) is 30.0. The molecule has 0 aliphatic rings. The van der Waals surface area contributed by atoms with Crippen molar-refractivity contribution in [2.75, 3.05) is 13.1 Å². The fourth-order valence-corrected chi connectivity index (χ4v) is 0.393. The maximum absolute atomic E-state index is 10.7. The van der Waals surface area contributed by atoms with E-state index in [-0.39, 0.29) is 0 Å². The van der Waals surface area contributed by atoms with Gasteiger partial charge in [-0.2, -0.15) is 0 Å². The fraction of sp³-hybridized carbons (Fsp3) is 0.667. The molecular weight excluding hydrogens is 192 g/mol. The second kappa shape index (κ2) is 8.38. The van der Waals surface area contributed by atoms with Crippen LogP contribution in [0.25, 0.3) is 0 Å². The number of hydrogen-bond acceptors (Lipinski definition) is 8. The van der Waals surface area contributed by atoms with Gasteiger partial charge in [0.2, 0.25) is 0 Å². The molecule has 82 valence electrons. The Bertz CT molecular complexity index is 167. The molecular formula is C6H14N4O4. The van der Waals surface area contributed by atoms with Crippen molar-refractivity contribution in [2.24, 2.45) is 0 Å². The SMILES string of the molecule is CCNNOC(=O)C(=O)ONNCC. The summed E-state index contributed by atoms with van der Waals surface area (Å²) in [6.07, 6.45) is 0. The van der Waals surface area contributed by atoms with Crippen LogP contribution in [0.2, 0.25) is 0 Å². The zero-order chi connectivity index (χ0) is 10.8. The van der Waals surface area contributed by atoms with E-state index in [0.29, 0.717) is 13.1 Å². The van der Waals surface area contributed by atoms with Crippen LogP contribution in [0, 0.1) is 0 Å². The largest absolute Gasteiger partial charge is 0.439 e. The molecule has 14 heavy (non-hydrogen) atoms. The van der Waals surface area contributed by atoms with Crippen molar-refractivity contribution in [1.82, 2.24) is 22.0 Å². The van der Waals surface area contributed by atoms with Gasteiger partial charge in [-0.3, -0.25) is 0 Å². The average Bonchev–Trinajstić information content (AvgIpc) is 2.18. The maximum Gasteiger partial charge on any atom is 0.439 e. The Morgan fingerprint density at radius 2 is 1.29 bits per heavy atom. The third kappa shape index (κ3) is 6.31. The van der Waals surface area contributed by atoms with Crippen LogP contribution >= 0.6 is 0 Å². The summed E-state index contributed by atoms with van der Waals surface area (Å²) in [5.41, 5.74) is 9.04. The minimum absolute atomic E-state index is 0.540.